The van der Waals surface area contributed by atoms with Crippen LogP contribution in [0.25, 0.3) is 0 Å². The quantitative estimate of drug-likeness (QED) is 0.842. The SMILES string of the molecule is CC1CS(=O)(=O)CCN1c1cc(=O)[nH]c(C2CC2)n1. The van der Waals surface area contributed by atoms with E-state index in [-0.39, 0.29) is 23.1 Å². The molecule has 2 heterocycles. The molecule has 2 aliphatic rings. The molecular formula is C12H17N3O3S. The minimum atomic E-state index is -2.95. The number of aromatic amines is 1. The predicted octanol–water partition coefficient (Wildman–Crippen LogP) is 0.271. The topological polar surface area (TPSA) is 83.1 Å². The fourth-order valence-corrected chi connectivity index (χ4v) is 4.06. The molecule has 19 heavy (non-hydrogen) atoms. The fourth-order valence-electron chi connectivity index (χ4n) is 2.50. The lowest BCUT2D eigenvalue weighted by Gasteiger charge is -2.34. The fraction of sp³-hybridized carbons (Fsp3) is 0.667. The highest BCUT2D eigenvalue weighted by Crippen LogP contribution is 2.38. The van der Waals surface area contributed by atoms with E-state index in [0.717, 1.165) is 18.7 Å². The van der Waals surface area contributed by atoms with E-state index in [1.807, 2.05) is 11.8 Å². The van der Waals surface area contributed by atoms with E-state index in [2.05, 4.69) is 9.97 Å². The van der Waals surface area contributed by atoms with Crippen LogP contribution in [0.15, 0.2) is 10.9 Å². The zero-order valence-electron chi connectivity index (χ0n) is 10.8. The van der Waals surface area contributed by atoms with E-state index in [4.69, 9.17) is 0 Å². The molecule has 7 heteroatoms. The van der Waals surface area contributed by atoms with Crippen molar-refractivity contribution >= 4 is 15.7 Å². The van der Waals surface area contributed by atoms with Gasteiger partial charge in [-0.1, -0.05) is 0 Å². The normalized spacial score (nSPS) is 26.4. The van der Waals surface area contributed by atoms with Crippen molar-refractivity contribution in [2.45, 2.75) is 31.7 Å². The molecular weight excluding hydrogens is 266 g/mol. The Kier molecular flexibility index (Phi) is 2.88. The molecule has 0 radical (unpaired) electrons. The second-order valence-electron chi connectivity index (χ2n) is 5.42. The summed E-state index contributed by atoms with van der Waals surface area (Å²) in [4.78, 5) is 20.9. The van der Waals surface area contributed by atoms with Crippen LogP contribution < -0.4 is 10.5 Å². The van der Waals surface area contributed by atoms with Crippen LogP contribution in [-0.4, -0.2) is 42.5 Å². The van der Waals surface area contributed by atoms with Gasteiger partial charge in [0.15, 0.2) is 9.84 Å². The molecule has 3 rings (SSSR count). The second kappa shape index (κ2) is 4.33. The zero-order chi connectivity index (χ0) is 13.6. The van der Waals surface area contributed by atoms with Gasteiger partial charge in [0.25, 0.3) is 5.56 Å². The molecule has 1 saturated heterocycles. The van der Waals surface area contributed by atoms with Crippen molar-refractivity contribution in [3.63, 3.8) is 0 Å². The highest BCUT2D eigenvalue weighted by Gasteiger charge is 2.31. The summed E-state index contributed by atoms with van der Waals surface area (Å²) in [6.45, 7) is 2.26. The largest absolute Gasteiger partial charge is 0.352 e. The molecule has 1 aromatic rings. The van der Waals surface area contributed by atoms with E-state index in [1.165, 1.54) is 6.07 Å². The smallest absolute Gasteiger partial charge is 0.252 e. The number of hydrogen-bond acceptors (Lipinski definition) is 5. The van der Waals surface area contributed by atoms with Crippen LogP contribution >= 0.6 is 0 Å². The third-order valence-corrected chi connectivity index (χ3v) is 5.47. The number of sulfone groups is 1. The molecule has 1 aliphatic carbocycles. The highest BCUT2D eigenvalue weighted by atomic mass is 32.2. The Bertz CT molecular complexity index is 648. The van der Waals surface area contributed by atoms with Crippen molar-refractivity contribution in [1.82, 2.24) is 9.97 Å². The van der Waals surface area contributed by atoms with Crippen LogP contribution in [-0.2, 0) is 9.84 Å². The van der Waals surface area contributed by atoms with Gasteiger partial charge in [0.1, 0.15) is 11.6 Å². The first-order valence-electron chi connectivity index (χ1n) is 6.53. The Morgan fingerprint density at radius 1 is 1.42 bits per heavy atom. The summed E-state index contributed by atoms with van der Waals surface area (Å²) in [5.74, 6) is 1.97. The van der Waals surface area contributed by atoms with Crippen molar-refractivity contribution in [3.05, 3.63) is 22.2 Å². The summed E-state index contributed by atoms with van der Waals surface area (Å²) in [6.07, 6.45) is 2.13. The Morgan fingerprint density at radius 2 is 2.16 bits per heavy atom. The first-order valence-corrected chi connectivity index (χ1v) is 8.35. The third kappa shape index (κ3) is 2.65. The molecule has 1 N–H and O–H groups in total. The molecule has 0 spiro atoms. The molecule has 0 aromatic carbocycles. The van der Waals surface area contributed by atoms with E-state index in [9.17, 15) is 13.2 Å². The molecule has 1 atom stereocenters. The van der Waals surface area contributed by atoms with Gasteiger partial charge in [0.2, 0.25) is 0 Å². The zero-order valence-corrected chi connectivity index (χ0v) is 11.6. The molecule has 6 nitrogen and oxygen atoms in total. The first-order chi connectivity index (χ1) is 8.94. The Morgan fingerprint density at radius 3 is 2.79 bits per heavy atom. The molecule has 1 unspecified atom stereocenters. The molecule has 1 aliphatic heterocycles. The highest BCUT2D eigenvalue weighted by molar-refractivity contribution is 7.91. The van der Waals surface area contributed by atoms with E-state index >= 15 is 0 Å². The van der Waals surface area contributed by atoms with Gasteiger partial charge in [0, 0.05) is 24.6 Å². The van der Waals surface area contributed by atoms with Crippen LogP contribution in [0.3, 0.4) is 0 Å². The summed E-state index contributed by atoms with van der Waals surface area (Å²) < 4.78 is 23.1. The number of nitrogens with zero attached hydrogens (tertiary/aromatic N) is 2. The molecule has 104 valence electrons. The number of H-pyrrole nitrogens is 1. The van der Waals surface area contributed by atoms with Crippen molar-refractivity contribution in [2.75, 3.05) is 23.0 Å². The van der Waals surface area contributed by atoms with E-state index in [0.29, 0.717) is 18.3 Å². The first kappa shape index (κ1) is 12.7. The third-order valence-electron chi connectivity index (χ3n) is 3.68. The summed E-state index contributed by atoms with van der Waals surface area (Å²) in [5.41, 5.74) is -0.160. The van der Waals surface area contributed by atoms with Crippen molar-refractivity contribution < 1.29 is 8.42 Å². The average molecular weight is 283 g/mol. The van der Waals surface area contributed by atoms with Gasteiger partial charge >= 0.3 is 0 Å². The average Bonchev–Trinajstić information content (AvgIpc) is 3.10. The van der Waals surface area contributed by atoms with Gasteiger partial charge in [-0.15, -0.1) is 0 Å². The summed E-state index contributed by atoms with van der Waals surface area (Å²) in [5, 5.41) is 0. The van der Waals surface area contributed by atoms with Gasteiger partial charge in [-0.25, -0.2) is 13.4 Å². The van der Waals surface area contributed by atoms with Gasteiger partial charge in [-0.2, -0.15) is 0 Å². The van der Waals surface area contributed by atoms with Gasteiger partial charge in [-0.3, -0.25) is 4.79 Å². The van der Waals surface area contributed by atoms with Crippen LogP contribution in [0.1, 0.15) is 31.5 Å². The van der Waals surface area contributed by atoms with Gasteiger partial charge in [0.05, 0.1) is 11.5 Å². The lowest BCUT2D eigenvalue weighted by Crippen LogP contribution is -2.47. The minimum absolute atomic E-state index is 0.125. The molecule has 0 amide bonds. The van der Waals surface area contributed by atoms with Crippen LogP contribution in [0.2, 0.25) is 0 Å². The van der Waals surface area contributed by atoms with Crippen LogP contribution in [0, 0.1) is 0 Å². The number of rotatable bonds is 2. The molecule has 0 bridgehead atoms. The summed E-state index contributed by atoms with van der Waals surface area (Å²) >= 11 is 0. The summed E-state index contributed by atoms with van der Waals surface area (Å²) in [7, 11) is -2.95. The predicted molar refractivity (Wildman–Crippen MR) is 72.3 cm³/mol. The maximum Gasteiger partial charge on any atom is 0.252 e. The molecule has 1 aromatic heterocycles. The molecule has 1 saturated carbocycles. The van der Waals surface area contributed by atoms with Crippen molar-refractivity contribution in [3.8, 4) is 0 Å². The second-order valence-corrected chi connectivity index (χ2v) is 7.65. The molecule has 2 fully saturated rings. The van der Waals surface area contributed by atoms with Crippen molar-refractivity contribution in [2.24, 2.45) is 0 Å². The standard InChI is InChI=1S/C12H17N3O3S/c1-8-7-19(17,18)5-4-15(8)10-6-11(16)14-12(13-10)9-2-3-9/h6,8-9H,2-5,7H2,1H3,(H,13,14,16). The lowest BCUT2D eigenvalue weighted by atomic mass is 10.3. The number of anilines is 1. The van der Waals surface area contributed by atoms with Crippen LogP contribution in [0.4, 0.5) is 5.82 Å². The van der Waals surface area contributed by atoms with Crippen molar-refractivity contribution in [1.29, 1.82) is 0 Å². The Balaban J connectivity index is 1.91. The Labute approximate surface area is 111 Å². The Hall–Kier alpha value is -1.37. The van der Waals surface area contributed by atoms with Gasteiger partial charge < -0.3 is 9.88 Å². The summed E-state index contributed by atoms with van der Waals surface area (Å²) in [6, 6.07) is 1.32. The maximum atomic E-state index is 11.7. The minimum Gasteiger partial charge on any atom is -0.352 e. The number of hydrogen-bond donors (Lipinski definition) is 1. The number of nitrogens with one attached hydrogen (secondary N) is 1. The maximum absolute atomic E-state index is 11.7. The number of aromatic nitrogens is 2. The van der Waals surface area contributed by atoms with E-state index < -0.39 is 9.84 Å². The van der Waals surface area contributed by atoms with Crippen LogP contribution in [0.5, 0.6) is 0 Å². The van der Waals surface area contributed by atoms with Gasteiger partial charge in [-0.05, 0) is 19.8 Å². The van der Waals surface area contributed by atoms with E-state index in [1.54, 1.807) is 0 Å². The lowest BCUT2D eigenvalue weighted by molar-refractivity contribution is 0.566. The monoisotopic (exact) mass is 283 g/mol.